The predicted octanol–water partition coefficient (Wildman–Crippen LogP) is 3.99. The van der Waals surface area contributed by atoms with Crippen molar-refractivity contribution in [2.45, 2.75) is 6.92 Å². The Hall–Kier alpha value is -2.41. The first-order chi connectivity index (χ1) is 9.17. The molecule has 96 valence electrons. The van der Waals surface area contributed by atoms with E-state index in [1.165, 1.54) is 18.2 Å². The van der Waals surface area contributed by atoms with Crippen molar-refractivity contribution in [3.05, 3.63) is 59.7 Å². The van der Waals surface area contributed by atoms with Crippen LogP contribution in [0.3, 0.4) is 0 Å². The molecule has 0 fully saturated rings. The highest BCUT2D eigenvalue weighted by Crippen LogP contribution is 2.29. The number of hydrogen-bond donors (Lipinski definition) is 0. The lowest BCUT2D eigenvalue weighted by Gasteiger charge is -2.24. The van der Waals surface area contributed by atoms with Crippen LogP contribution in [0.4, 0.5) is 20.2 Å². The first-order valence-electron chi connectivity index (χ1n) is 5.89. The van der Waals surface area contributed by atoms with Gasteiger partial charge in [0.05, 0.1) is 5.69 Å². The molecule has 0 heterocycles. The van der Waals surface area contributed by atoms with E-state index >= 15 is 0 Å². The van der Waals surface area contributed by atoms with E-state index < -0.39 is 5.82 Å². The third-order valence-electron chi connectivity index (χ3n) is 2.85. The number of hydrogen-bond acceptors (Lipinski definition) is 2. The fourth-order valence-electron chi connectivity index (χ4n) is 1.96. The highest BCUT2D eigenvalue weighted by Gasteiger charge is 2.14. The Morgan fingerprint density at radius 1 is 1.11 bits per heavy atom. The summed E-state index contributed by atoms with van der Waals surface area (Å²) in [5, 5.41) is 9.06. The molecule has 0 aliphatic carbocycles. The highest BCUT2D eigenvalue weighted by molar-refractivity contribution is 5.69. The number of rotatable bonds is 3. The van der Waals surface area contributed by atoms with Crippen molar-refractivity contribution in [2.24, 2.45) is 0 Å². The van der Waals surface area contributed by atoms with E-state index in [0.717, 1.165) is 0 Å². The molecule has 0 N–H and O–H groups in total. The topological polar surface area (TPSA) is 27.0 Å². The minimum absolute atomic E-state index is 0.00586. The molecule has 2 aromatic carbocycles. The minimum Gasteiger partial charge on any atom is -0.341 e. The van der Waals surface area contributed by atoms with Gasteiger partial charge in [-0.3, -0.25) is 0 Å². The fourth-order valence-corrected chi connectivity index (χ4v) is 1.96. The second-order valence-corrected chi connectivity index (χ2v) is 3.97. The predicted molar refractivity (Wildman–Crippen MR) is 70.2 cm³/mol. The average molecular weight is 258 g/mol. The summed E-state index contributed by atoms with van der Waals surface area (Å²) in [5.74, 6) is -0.889. The monoisotopic (exact) mass is 258 g/mol. The molecule has 2 nitrogen and oxygen atoms in total. The van der Waals surface area contributed by atoms with Crippen LogP contribution in [0.5, 0.6) is 0 Å². The van der Waals surface area contributed by atoms with Gasteiger partial charge in [0.1, 0.15) is 23.3 Å². The van der Waals surface area contributed by atoms with E-state index in [9.17, 15) is 8.78 Å². The first-order valence-corrected chi connectivity index (χ1v) is 5.89. The van der Waals surface area contributed by atoms with Crippen molar-refractivity contribution in [1.29, 1.82) is 5.26 Å². The van der Waals surface area contributed by atoms with Crippen LogP contribution in [0.15, 0.2) is 42.5 Å². The molecule has 0 atom stereocenters. The van der Waals surface area contributed by atoms with Gasteiger partial charge in [-0.2, -0.15) is 5.26 Å². The van der Waals surface area contributed by atoms with Gasteiger partial charge in [0.15, 0.2) is 0 Å². The second kappa shape index (κ2) is 5.49. The molecule has 0 aliphatic rings. The number of halogens is 2. The van der Waals surface area contributed by atoms with Crippen LogP contribution in [0.25, 0.3) is 0 Å². The molecular weight excluding hydrogens is 246 g/mol. The van der Waals surface area contributed by atoms with Gasteiger partial charge < -0.3 is 4.90 Å². The molecule has 0 spiro atoms. The van der Waals surface area contributed by atoms with E-state index in [-0.39, 0.29) is 11.4 Å². The zero-order valence-electron chi connectivity index (χ0n) is 10.4. The maximum atomic E-state index is 13.6. The van der Waals surface area contributed by atoms with Crippen LogP contribution in [0.2, 0.25) is 0 Å². The van der Waals surface area contributed by atoms with Crippen LogP contribution in [-0.4, -0.2) is 6.54 Å². The molecule has 2 aromatic rings. The Kier molecular flexibility index (Phi) is 3.76. The van der Waals surface area contributed by atoms with Crippen LogP contribution in [0, 0.1) is 23.0 Å². The van der Waals surface area contributed by atoms with Gasteiger partial charge in [-0.25, -0.2) is 8.78 Å². The highest BCUT2D eigenvalue weighted by atomic mass is 19.1. The van der Waals surface area contributed by atoms with Crippen molar-refractivity contribution < 1.29 is 8.78 Å². The summed E-state index contributed by atoms with van der Waals surface area (Å²) in [6.45, 7) is 2.43. The molecule has 0 aromatic heterocycles. The van der Waals surface area contributed by atoms with Gasteiger partial charge in [-0.05, 0) is 43.3 Å². The van der Waals surface area contributed by atoms with Gasteiger partial charge in [0.2, 0.25) is 0 Å². The Bertz CT molecular complexity index is 615. The van der Waals surface area contributed by atoms with E-state index in [0.29, 0.717) is 17.9 Å². The number of benzene rings is 2. The van der Waals surface area contributed by atoms with Crippen molar-refractivity contribution in [2.75, 3.05) is 11.4 Å². The first kappa shape index (κ1) is 13.0. The SMILES string of the molecule is CCN(c1ccc(F)cc1)c1cccc(F)c1C#N. The smallest absolute Gasteiger partial charge is 0.143 e. The standard InChI is InChI=1S/C15H12F2N2/c1-2-19(12-8-6-11(16)7-9-12)15-5-3-4-14(17)13(15)10-18/h3-9H,2H2,1H3. The third kappa shape index (κ3) is 2.55. The maximum absolute atomic E-state index is 13.6. The molecule has 0 radical (unpaired) electrons. The fraction of sp³-hybridized carbons (Fsp3) is 0.133. The summed E-state index contributed by atoms with van der Waals surface area (Å²) in [5.41, 5.74) is 1.19. The summed E-state index contributed by atoms with van der Waals surface area (Å²) < 4.78 is 26.6. The minimum atomic E-state index is -0.555. The van der Waals surface area contributed by atoms with Crippen LogP contribution in [-0.2, 0) is 0 Å². The molecule has 0 saturated carbocycles. The zero-order valence-corrected chi connectivity index (χ0v) is 10.4. The quantitative estimate of drug-likeness (QED) is 0.832. The molecule has 0 amide bonds. The summed E-state index contributed by atoms with van der Waals surface area (Å²) in [6, 6.07) is 12.2. The Morgan fingerprint density at radius 2 is 1.79 bits per heavy atom. The molecule has 19 heavy (non-hydrogen) atoms. The lowest BCUT2D eigenvalue weighted by atomic mass is 10.1. The Morgan fingerprint density at radius 3 is 2.37 bits per heavy atom. The van der Waals surface area contributed by atoms with Crippen molar-refractivity contribution in [1.82, 2.24) is 0 Å². The van der Waals surface area contributed by atoms with Gasteiger partial charge in [0.25, 0.3) is 0 Å². The van der Waals surface area contributed by atoms with Gasteiger partial charge >= 0.3 is 0 Å². The van der Waals surface area contributed by atoms with E-state index in [2.05, 4.69) is 0 Å². The summed E-state index contributed by atoms with van der Waals surface area (Å²) in [6.07, 6.45) is 0. The number of nitrogens with zero attached hydrogens (tertiary/aromatic N) is 2. The van der Waals surface area contributed by atoms with Crippen molar-refractivity contribution >= 4 is 11.4 Å². The second-order valence-electron chi connectivity index (χ2n) is 3.97. The maximum Gasteiger partial charge on any atom is 0.143 e. The van der Waals surface area contributed by atoms with Crippen molar-refractivity contribution in [3.8, 4) is 6.07 Å². The lowest BCUT2D eigenvalue weighted by molar-refractivity contribution is 0.623. The van der Waals surface area contributed by atoms with Crippen LogP contribution >= 0.6 is 0 Å². The molecule has 0 saturated heterocycles. The van der Waals surface area contributed by atoms with Gasteiger partial charge in [-0.1, -0.05) is 6.07 Å². The molecule has 4 heteroatoms. The Balaban J connectivity index is 2.52. The van der Waals surface area contributed by atoms with E-state index in [1.54, 1.807) is 29.2 Å². The van der Waals surface area contributed by atoms with E-state index in [1.807, 2.05) is 13.0 Å². The molecule has 0 aliphatic heterocycles. The summed E-state index contributed by atoms with van der Waals surface area (Å²) in [4.78, 5) is 1.76. The molecule has 0 unspecified atom stereocenters. The largest absolute Gasteiger partial charge is 0.341 e. The number of anilines is 2. The van der Waals surface area contributed by atoms with Crippen molar-refractivity contribution in [3.63, 3.8) is 0 Å². The molecule has 2 rings (SSSR count). The molecule has 0 bridgehead atoms. The number of nitriles is 1. The average Bonchev–Trinajstić information content (AvgIpc) is 2.42. The Labute approximate surface area is 110 Å². The zero-order chi connectivity index (χ0) is 13.8. The summed E-state index contributed by atoms with van der Waals surface area (Å²) in [7, 11) is 0. The van der Waals surface area contributed by atoms with E-state index in [4.69, 9.17) is 5.26 Å². The van der Waals surface area contributed by atoms with Gasteiger partial charge in [-0.15, -0.1) is 0 Å². The summed E-state index contributed by atoms with van der Waals surface area (Å²) >= 11 is 0. The van der Waals surface area contributed by atoms with Crippen LogP contribution in [0.1, 0.15) is 12.5 Å². The normalized spacial score (nSPS) is 10.0. The lowest BCUT2D eigenvalue weighted by Crippen LogP contribution is -2.17. The van der Waals surface area contributed by atoms with Crippen LogP contribution < -0.4 is 4.90 Å². The molecular formula is C15H12F2N2. The third-order valence-corrected chi connectivity index (χ3v) is 2.85. The van der Waals surface area contributed by atoms with Gasteiger partial charge in [0, 0.05) is 12.2 Å².